The highest BCUT2D eigenvalue weighted by atomic mass is 16.3. The van der Waals surface area contributed by atoms with Crippen LogP contribution in [-0.2, 0) is 4.79 Å². The van der Waals surface area contributed by atoms with Gasteiger partial charge in [-0.1, -0.05) is 181 Å². The van der Waals surface area contributed by atoms with E-state index in [0.717, 1.165) is 25.7 Å². The maximum atomic E-state index is 12.2. The molecule has 2 atom stereocenters. The second kappa shape index (κ2) is 33.9. The normalized spacial score (nSPS) is 13.0. The van der Waals surface area contributed by atoms with Gasteiger partial charge in [-0.2, -0.15) is 0 Å². The number of hydrogen-bond donors (Lipinski definition) is 3. The molecule has 246 valence electrons. The van der Waals surface area contributed by atoms with E-state index in [9.17, 15) is 15.0 Å². The Labute approximate surface area is 257 Å². The number of amides is 1. The van der Waals surface area contributed by atoms with E-state index in [1.165, 1.54) is 154 Å². The first-order valence-electron chi connectivity index (χ1n) is 18.7. The van der Waals surface area contributed by atoms with Crippen LogP contribution in [0.3, 0.4) is 0 Å². The van der Waals surface area contributed by atoms with Gasteiger partial charge in [-0.15, -0.1) is 0 Å². The van der Waals surface area contributed by atoms with Gasteiger partial charge in [0.05, 0.1) is 6.10 Å². The molecule has 0 bridgehead atoms. The van der Waals surface area contributed by atoms with Gasteiger partial charge in [0.15, 0.2) is 0 Å². The lowest BCUT2D eigenvalue weighted by molar-refractivity contribution is -0.121. The van der Waals surface area contributed by atoms with Gasteiger partial charge in [-0.05, 0) is 19.3 Å². The van der Waals surface area contributed by atoms with Crippen LogP contribution >= 0.6 is 0 Å². The number of nitrogens with one attached hydrogen (secondary N) is 1. The number of carbonyl (C=O) groups excluding carboxylic acids is 1. The van der Waals surface area contributed by atoms with E-state index < -0.39 is 0 Å². The molecule has 0 aromatic rings. The molecule has 0 saturated carbocycles. The molecule has 0 aliphatic rings. The Balaban J connectivity index is 3.50. The van der Waals surface area contributed by atoms with Crippen molar-refractivity contribution in [3.05, 3.63) is 0 Å². The number of hydrogen-bond acceptors (Lipinski definition) is 3. The van der Waals surface area contributed by atoms with Crippen molar-refractivity contribution in [1.29, 1.82) is 0 Å². The average Bonchev–Trinajstić information content (AvgIpc) is 2.97. The Kier molecular flexibility index (Phi) is 33.4. The molecule has 0 spiro atoms. The summed E-state index contributed by atoms with van der Waals surface area (Å²) in [6.07, 6.45) is 37.4. The number of aliphatic hydroxyl groups excluding tert-OH is 2. The largest absolute Gasteiger partial charge is 0.396 e. The molecule has 4 nitrogen and oxygen atoms in total. The van der Waals surface area contributed by atoms with Crippen LogP contribution in [0.4, 0.5) is 0 Å². The van der Waals surface area contributed by atoms with Gasteiger partial charge in [0.25, 0.3) is 0 Å². The molecular formula is C37H75NO3. The standard InChI is InChI=1S/C37H75NO3/c1-3-5-7-9-11-13-15-17-18-19-21-23-25-27-29-31-37(41)38-33-35(34-39)32-36(40)30-28-26-24-22-20-16-14-12-10-8-6-4-2/h35-36,39-40H,3-34H2,1-2H3,(H,38,41)/t35-,36+/m0/s1. The maximum absolute atomic E-state index is 12.2. The number of unbranched alkanes of at least 4 members (excludes halogenated alkanes) is 25. The summed E-state index contributed by atoms with van der Waals surface area (Å²) in [4.78, 5) is 12.2. The SMILES string of the molecule is CCCCCCCCCCCCCCCCCC(=O)NC[C@@H](CO)C[C@H](O)CCCCCCCCCCCCCC. The Morgan fingerprint density at radius 2 is 0.878 bits per heavy atom. The minimum absolute atomic E-state index is 0.0226. The van der Waals surface area contributed by atoms with Crippen molar-refractivity contribution in [3.63, 3.8) is 0 Å². The zero-order chi connectivity index (χ0) is 30.1. The molecule has 0 heterocycles. The fourth-order valence-electron chi connectivity index (χ4n) is 5.95. The highest BCUT2D eigenvalue weighted by Crippen LogP contribution is 2.16. The van der Waals surface area contributed by atoms with Crippen molar-refractivity contribution in [2.24, 2.45) is 5.92 Å². The van der Waals surface area contributed by atoms with Crippen molar-refractivity contribution in [2.75, 3.05) is 13.2 Å². The predicted molar refractivity (Wildman–Crippen MR) is 179 cm³/mol. The molecule has 0 rings (SSSR count). The Bertz CT molecular complexity index is 512. The second-order valence-electron chi connectivity index (χ2n) is 13.1. The molecule has 3 N–H and O–H groups in total. The molecule has 0 fully saturated rings. The van der Waals surface area contributed by atoms with Crippen molar-refractivity contribution < 1.29 is 15.0 Å². The molecule has 0 unspecified atom stereocenters. The third-order valence-corrected chi connectivity index (χ3v) is 8.85. The first kappa shape index (κ1) is 40.4. The van der Waals surface area contributed by atoms with Crippen LogP contribution in [0.5, 0.6) is 0 Å². The molecule has 0 aliphatic heterocycles. The summed E-state index contributed by atoms with van der Waals surface area (Å²) in [6.45, 7) is 5.05. The zero-order valence-corrected chi connectivity index (χ0v) is 28.1. The monoisotopic (exact) mass is 582 g/mol. The van der Waals surface area contributed by atoms with E-state index >= 15 is 0 Å². The third kappa shape index (κ3) is 32.1. The van der Waals surface area contributed by atoms with Crippen molar-refractivity contribution in [1.82, 2.24) is 5.32 Å². The van der Waals surface area contributed by atoms with Crippen LogP contribution < -0.4 is 5.32 Å². The summed E-state index contributed by atoms with van der Waals surface area (Å²) in [7, 11) is 0. The van der Waals surface area contributed by atoms with Gasteiger partial charge in [0, 0.05) is 25.5 Å². The Hall–Kier alpha value is -0.610. The summed E-state index contributed by atoms with van der Waals surface area (Å²) in [5.41, 5.74) is 0. The van der Waals surface area contributed by atoms with Crippen LogP contribution in [0.2, 0.25) is 0 Å². The zero-order valence-electron chi connectivity index (χ0n) is 28.1. The molecule has 0 saturated heterocycles. The lowest BCUT2D eigenvalue weighted by atomic mass is 9.97. The highest BCUT2D eigenvalue weighted by Gasteiger charge is 2.15. The fourth-order valence-corrected chi connectivity index (χ4v) is 5.95. The molecular weight excluding hydrogens is 506 g/mol. The van der Waals surface area contributed by atoms with E-state index in [2.05, 4.69) is 19.2 Å². The van der Waals surface area contributed by atoms with E-state index in [-0.39, 0.29) is 24.5 Å². The lowest BCUT2D eigenvalue weighted by Gasteiger charge is -2.19. The summed E-state index contributed by atoms with van der Waals surface area (Å²) in [5, 5.41) is 23.1. The number of rotatable bonds is 34. The van der Waals surface area contributed by atoms with E-state index in [0.29, 0.717) is 19.4 Å². The van der Waals surface area contributed by atoms with E-state index in [1.807, 2.05) is 0 Å². The summed E-state index contributed by atoms with van der Waals surface area (Å²) in [6, 6.07) is 0. The van der Waals surface area contributed by atoms with Gasteiger partial charge in [0.1, 0.15) is 0 Å². The quantitative estimate of drug-likeness (QED) is 0.0662. The van der Waals surface area contributed by atoms with Crippen LogP contribution in [0.25, 0.3) is 0 Å². The van der Waals surface area contributed by atoms with Gasteiger partial charge in [-0.25, -0.2) is 0 Å². The summed E-state index contributed by atoms with van der Waals surface area (Å²) in [5.74, 6) is 0.0425. The number of aliphatic hydroxyl groups is 2. The first-order chi connectivity index (χ1) is 20.1. The van der Waals surface area contributed by atoms with Crippen molar-refractivity contribution >= 4 is 5.91 Å². The molecule has 41 heavy (non-hydrogen) atoms. The molecule has 4 heteroatoms. The van der Waals surface area contributed by atoms with Crippen molar-refractivity contribution in [2.45, 2.75) is 213 Å². The van der Waals surface area contributed by atoms with E-state index in [1.54, 1.807) is 0 Å². The summed E-state index contributed by atoms with van der Waals surface area (Å²) < 4.78 is 0. The van der Waals surface area contributed by atoms with Gasteiger partial charge in [-0.3, -0.25) is 4.79 Å². The van der Waals surface area contributed by atoms with Gasteiger partial charge >= 0.3 is 0 Å². The minimum Gasteiger partial charge on any atom is -0.396 e. The van der Waals surface area contributed by atoms with Crippen LogP contribution in [0, 0.1) is 5.92 Å². The average molecular weight is 582 g/mol. The fraction of sp³-hybridized carbons (Fsp3) is 0.973. The van der Waals surface area contributed by atoms with Gasteiger partial charge < -0.3 is 15.5 Å². The third-order valence-electron chi connectivity index (χ3n) is 8.85. The minimum atomic E-state index is -0.372. The van der Waals surface area contributed by atoms with Crippen LogP contribution in [0.15, 0.2) is 0 Å². The summed E-state index contributed by atoms with van der Waals surface area (Å²) >= 11 is 0. The lowest BCUT2D eigenvalue weighted by Crippen LogP contribution is -2.32. The van der Waals surface area contributed by atoms with Crippen LogP contribution in [-0.4, -0.2) is 35.4 Å². The molecule has 0 radical (unpaired) electrons. The maximum Gasteiger partial charge on any atom is 0.220 e. The Morgan fingerprint density at radius 3 is 1.24 bits per heavy atom. The molecule has 0 aliphatic carbocycles. The van der Waals surface area contributed by atoms with E-state index in [4.69, 9.17) is 0 Å². The van der Waals surface area contributed by atoms with Gasteiger partial charge in [0.2, 0.25) is 5.91 Å². The molecule has 0 aromatic heterocycles. The topological polar surface area (TPSA) is 69.6 Å². The highest BCUT2D eigenvalue weighted by molar-refractivity contribution is 5.75. The Morgan fingerprint density at radius 1 is 0.537 bits per heavy atom. The molecule has 0 aromatic carbocycles. The smallest absolute Gasteiger partial charge is 0.220 e. The predicted octanol–water partition coefficient (Wildman–Crippen LogP) is 10.8. The van der Waals surface area contributed by atoms with Crippen molar-refractivity contribution in [3.8, 4) is 0 Å². The van der Waals surface area contributed by atoms with Crippen LogP contribution in [0.1, 0.15) is 206 Å². The first-order valence-corrected chi connectivity index (χ1v) is 18.7. The second-order valence-corrected chi connectivity index (χ2v) is 13.1. The molecule has 1 amide bonds. The number of carbonyl (C=O) groups is 1.